The normalized spacial score (nSPS) is 17.7. The van der Waals surface area contributed by atoms with Gasteiger partial charge in [0, 0.05) is 43.3 Å². The maximum Gasteiger partial charge on any atom is 0.247 e. The molecule has 2 aromatic heterocycles. The van der Waals surface area contributed by atoms with Gasteiger partial charge in [0.1, 0.15) is 17.7 Å². The molecule has 10 nitrogen and oxygen atoms in total. The average molecular weight is 471 g/mol. The molecule has 35 heavy (non-hydrogen) atoms. The minimum absolute atomic E-state index is 0.151. The average Bonchev–Trinajstić information content (AvgIpc) is 3.37. The largest absolute Gasteiger partial charge is 0.378 e. The minimum Gasteiger partial charge on any atom is -0.378 e. The number of carbonyl (C=O) groups excluding carboxylic acids is 1. The maximum atomic E-state index is 11.8. The van der Waals surface area contributed by atoms with Crippen molar-refractivity contribution in [2.75, 3.05) is 59.8 Å². The van der Waals surface area contributed by atoms with E-state index in [4.69, 9.17) is 15.0 Å². The van der Waals surface area contributed by atoms with Gasteiger partial charge in [-0.25, -0.2) is 15.0 Å². The lowest BCUT2D eigenvalue weighted by atomic mass is 10.1. The number of amides is 1. The first-order valence-electron chi connectivity index (χ1n) is 11.6. The molecule has 4 heterocycles. The van der Waals surface area contributed by atoms with Crippen LogP contribution in [0, 0.1) is 11.3 Å². The van der Waals surface area contributed by atoms with Gasteiger partial charge in [0.25, 0.3) is 0 Å². The van der Waals surface area contributed by atoms with Crippen LogP contribution in [0.4, 0.5) is 23.3 Å². The molecule has 1 aromatic carbocycles. The van der Waals surface area contributed by atoms with Crippen molar-refractivity contribution in [3.8, 4) is 6.07 Å². The van der Waals surface area contributed by atoms with Gasteiger partial charge < -0.3 is 25.2 Å². The lowest BCUT2D eigenvalue weighted by Gasteiger charge is -2.30. The smallest absolute Gasteiger partial charge is 0.247 e. The zero-order valence-corrected chi connectivity index (χ0v) is 19.3. The Morgan fingerprint density at radius 2 is 1.97 bits per heavy atom. The molecule has 2 aliphatic heterocycles. The molecule has 5 rings (SSSR count). The number of benzene rings is 1. The third-order valence-electron chi connectivity index (χ3n) is 6.19. The van der Waals surface area contributed by atoms with E-state index in [1.807, 2.05) is 24.3 Å². The number of pyridine rings is 1. The molecular formula is C25H26N8O2. The van der Waals surface area contributed by atoms with Crippen LogP contribution >= 0.6 is 0 Å². The second-order valence-electron chi connectivity index (χ2n) is 8.52. The van der Waals surface area contributed by atoms with Crippen LogP contribution in [0.3, 0.4) is 0 Å². The molecule has 1 unspecified atom stereocenters. The Bertz CT molecular complexity index is 1280. The highest BCUT2D eigenvalue weighted by molar-refractivity contribution is 6.02. The van der Waals surface area contributed by atoms with Crippen molar-refractivity contribution in [3.05, 3.63) is 54.9 Å². The van der Waals surface area contributed by atoms with Crippen molar-refractivity contribution in [3.63, 3.8) is 0 Å². The Morgan fingerprint density at radius 1 is 1.17 bits per heavy atom. The molecule has 0 radical (unpaired) electrons. The number of ether oxygens (including phenoxy) is 1. The standard InChI is InChI=1S/C25H26N8O2/c1-2-23(34)29-19-3-4-21-18(11-19)12-22(32-7-9-35-10-8-32)31-24(21)33-6-5-20(16-33)30-25-27-14-17(13-26)15-28-25/h2-4,11-12,14-15,20H,1,5-10,16H2,(H,29,34)(H,27,28,30). The van der Waals surface area contributed by atoms with Gasteiger partial charge in [0.15, 0.2) is 0 Å². The fraction of sp³-hybridized carbons (Fsp3) is 0.320. The van der Waals surface area contributed by atoms with E-state index in [-0.39, 0.29) is 11.9 Å². The van der Waals surface area contributed by atoms with Crippen LogP contribution in [0.25, 0.3) is 10.8 Å². The Labute approximate surface area is 203 Å². The number of fused-ring (bicyclic) bond motifs is 1. The molecule has 0 spiro atoms. The number of anilines is 4. The van der Waals surface area contributed by atoms with E-state index in [0.717, 1.165) is 55.0 Å². The van der Waals surface area contributed by atoms with E-state index < -0.39 is 0 Å². The summed E-state index contributed by atoms with van der Waals surface area (Å²) < 4.78 is 5.52. The second kappa shape index (κ2) is 9.95. The molecule has 1 atom stereocenters. The number of hydrogen-bond acceptors (Lipinski definition) is 9. The Balaban J connectivity index is 1.43. The third kappa shape index (κ3) is 5.00. The van der Waals surface area contributed by atoms with E-state index in [1.54, 1.807) is 0 Å². The minimum atomic E-state index is -0.245. The number of nitriles is 1. The molecule has 2 N–H and O–H groups in total. The summed E-state index contributed by atoms with van der Waals surface area (Å²) in [5, 5.41) is 17.2. The SMILES string of the molecule is C=CC(=O)Nc1ccc2c(N3CCC(Nc4ncc(C#N)cn4)C3)nc(N3CCOCC3)cc2c1. The Kier molecular flexibility index (Phi) is 6.41. The number of nitrogens with zero attached hydrogens (tertiary/aromatic N) is 6. The lowest BCUT2D eigenvalue weighted by molar-refractivity contribution is -0.111. The van der Waals surface area contributed by atoms with Crippen molar-refractivity contribution in [1.29, 1.82) is 5.26 Å². The molecule has 0 bridgehead atoms. The summed E-state index contributed by atoms with van der Waals surface area (Å²) in [5.74, 6) is 2.08. The van der Waals surface area contributed by atoms with Gasteiger partial charge in [-0.05, 0) is 42.1 Å². The van der Waals surface area contributed by atoms with Crippen molar-refractivity contribution >= 4 is 40.0 Å². The van der Waals surface area contributed by atoms with Crippen molar-refractivity contribution in [2.24, 2.45) is 0 Å². The molecule has 10 heteroatoms. The molecule has 0 aliphatic carbocycles. The van der Waals surface area contributed by atoms with E-state index in [0.29, 0.717) is 30.4 Å². The first-order chi connectivity index (χ1) is 17.1. The predicted octanol–water partition coefficient (Wildman–Crippen LogP) is 2.55. The first-order valence-corrected chi connectivity index (χ1v) is 11.6. The highest BCUT2D eigenvalue weighted by atomic mass is 16.5. The summed E-state index contributed by atoms with van der Waals surface area (Å²) in [7, 11) is 0. The number of nitrogens with one attached hydrogen (secondary N) is 2. The summed E-state index contributed by atoms with van der Waals surface area (Å²) in [6.07, 6.45) is 5.20. The molecule has 0 saturated carbocycles. The van der Waals surface area contributed by atoms with Gasteiger partial charge in [-0.3, -0.25) is 4.79 Å². The van der Waals surface area contributed by atoms with Gasteiger partial charge in [0.05, 0.1) is 31.2 Å². The molecule has 178 valence electrons. The summed E-state index contributed by atoms with van der Waals surface area (Å²) in [6, 6.07) is 10.1. The topological polar surface area (TPSA) is 119 Å². The summed E-state index contributed by atoms with van der Waals surface area (Å²) in [6.45, 7) is 8.01. The summed E-state index contributed by atoms with van der Waals surface area (Å²) in [5.41, 5.74) is 1.15. The quantitative estimate of drug-likeness (QED) is 0.524. The van der Waals surface area contributed by atoms with Crippen molar-refractivity contribution < 1.29 is 9.53 Å². The number of rotatable bonds is 6. The van der Waals surface area contributed by atoms with Crippen LogP contribution in [0.1, 0.15) is 12.0 Å². The van der Waals surface area contributed by atoms with Crippen molar-refractivity contribution in [2.45, 2.75) is 12.5 Å². The van der Waals surface area contributed by atoms with E-state index in [1.165, 1.54) is 18.5 Å². The Hall–Kier alpha value is -4.23. The number of morpholine rings is 1. The lowest BCUT2D eigenvalue weighted by Crippen LogP contribution is -2.37. The van der Waals surface area contributed by atoms with E-state index in [2.05, 4.69) is 43.0 Å². The van der Waals surface area contributed by atoms with Crippen LogP contribution in [0.2, 0.25) is 0 Å². The van der Waals surface area contributed by atoms with Crippen LogP contribution in [0.5, 0.6) is 0 Å². The maximum absolute atomic E-state index is 11.8. The first kappa shape index (κ1) is 22.6. The van der Waals surface area contributed by atoms with E-state index in [9.17, 15) is 4.79 Å². The highest BCUT2D eigenvalue weighted by Crippen LogP contribution is 2.33. The molecule has 1 amide bonds. The van der Waals surface area contributed by atoms with Gasteiger partial charge in [-0.2, -0.15) is 5.26 Å². The second-order valence-corrected chi connectivity index (χ2v) is 8.52. The molecule has 2 saturated heterocycles. The summed E-state index contributed by atoms with van der Waals surface area (Å²) >= 11 is 0. The molecular weight excluding hydrogens is 444 g/mol. The number of aromatic nitrogens is 3. The van der Waals surface area contributed by atoms with Crippen molar-refractivity contribution in [1.82, 2.24) is 15.0 Å². The van der Waals surface area contributed by atoms with Crippen LogP contribution in [-0.4, -0.2) is 66.3 Å². The highest BCUT2D eigenvalue weighted by Gasteiger charge is 2.27. The predicted molar refractivity (Wildman–Crippen MR) is 135 cm³/mol. The van der Waals surface area contributed by atoms with Gasteiger partial charge in [-0.1, -0.05) is 6.58 Å². The number of hydrogen-bond donors (Lipinski definition) is 2. The summed E-state index contributed by atoms with van der Waals surface area (Å²) in [4.78, 5) is 29.9. The number of carbonyl (C=O) groups is 1. The van der Waals surface area contributed by atoms with Gasteiger partial charge >= 0.3 is 0 Å². The monoisotopic (exact) mass is 470 g/mol. The van der Waals surface area contributed by atoms with Gasteiger partial charge in [0.2, 0.25) is 11.9 Å². The van der Waals surface area contributed by atoms with Crippen LogP contribution in [0.15, 0.2) is 49.3 Å². The molecule has 3 aromatic rings. The fourth-order valence-corrected chi connectivity index (χ4v) is 4.41. The third-order valence-corrected chi connectivity index (χ3v) is 6.19. The van der Waals surface area contributed by atoms with Gasteiger partial charge in [-0.15, -0.1) is 0 Å². The van der Waals surface area contributed by atoms with Crippen LogP contribution < -0.4 is 20.4 Å². The molecule has 2 aliphatic rings. The Morgan fingerprint density at radius 3 is 2.71 bits per heavy atom. The fourth-order valence-electron chi connectivity index (χ4n) is 4.41. The zero-order chi connectivity index (χ0) is 24.2. The van der Waals surface area contributed by atoms with E-state index >= 15 is 0 Å². The molecule has 2 fully saturated rings. The zero-order valence-electron chi connectivity index (χ0n) is 19.3. The van der Waals surface area contributed by atoms with Crippen LogP contribution in [-0.2, 0) is 9.53 Å².